The van der Waals surface area contributed by atoms with Crippen molar-refractivity contribution in [2.75, 3.05) is 13.6 Å². The second-order valence-corrected chi connectivity index (χ2v) is 3.06. The molecule has 0 amide bonds. The van der Waals surface area contributed by atoms with Gasteiger partial charge < -0.3 is 4.90 Å². The Bertz CT molecular complexity index is 71.1. The number of rotatable bonds is 5. The molecule has 10 heavy (non-hydrogen) atoms. The molecule has 0 bridgehead atoms. The number of hydrogen-bond acceptors (Lipinski definition) is 1. The van der Waals surface area contributed by atoms with E-state index in [4.69, 9.17) is 0 Å². The summed E-state index contributed by atoms with van der Waals surface area (Å²) in [4.78, 5) is 2.40. The van der Waals surface area contributed by atoms with Crippen LogP contribution in [-0.2, 0) is 0 Å². The Morgan fingerprint density at radius 1 is 1.30 bits per heavy atom. The van der Waals surface area contributed by atoms with Gasteiger partial charge in [-0.3, -0.25) is 0 Å². The molecule has 0 saturated heterocycles. The summed E-state index contributed by atoms with van der Waals surface area (Å²) in [6, 6.07) is 0.768. The molecule has 0 N–H and O–H groups in total. The fourth-order valence-electron chi connectivity index (χ4n) is 1.03. The molecule has 0 fully saturated rings. The van der Waals surface area contributed by atoms with Crippen molar-refractivity contribution in [1.82, 2.24) is 4.90 Å². The second kappa shape index (κ2) is 5.72. The molecular weight excluding hydrogens is 122 g/mol. The van der Waals surface area contributed by atoms with Crippen molar-refractivity contribution in [2.45, 2.75) is 46.1 Å². The highest BCUT2D eigenvalue weighted by Gasteiger charge is 2.04. The molecule has 0 aromatic heterocycles. The van der Waals surface area contributed by atoms with E-state index in [-0.39, 0.29) is 0 Å². The van der Waals surface area contributed by atoms with Gasteiger partial charge in [-0.25, -0.2) is 0 Å². The molecule has 1 atom stereocenters. The Hall–Kier alpha value is -0.0400. The number of hydrogen-bond donors (Lipinski definition) is 0. The van der Waals surface area contributed by atoms with Gasteiger partial charge in [-0.15, -0.1) is 0 Å². The first-order valence-corrected chi connectivity index (χ1v) is 4.42. The largest absolute Gasteiger partial charge is 0.304 e. The Labute approximate surface area is 65.4 Å². The molecule has 0 aliphatic carbocycles. The lowest BCUT2D eigenvalue weighted by atomic mass is 10.1. The molecular formula is C9H21N. The average molecular weight is 143 g/mol. The highest BCUT2D eigenvalue weighted by Crippen LogP contribution is 2.04. The molecule has 0 spiro atoms. The molecule has 0 radical (unpaired) electrons. The summed E-state index contributed by atoms with van der Waals surface area (Å²) < 4.78 is 0. The van der Waals surface area contributed by atoms with Gasteiger partial charge in [0.25, 0.3) is 0 Å². The Morgan fingerprint density at radius 3 is 2.30 bits per heavy atom. The van der Waals surface area contributed by atoms with Crippen LogP contribution in [0.25, 0.3) is 0 Å². The fraction of sp³-hybridized carbons (Fsp3) is 1.00. The molecule has 1 heteroatoms. The van der Waals surface area contributed by atoms with Crippen LogP contribution in [0.15, 0.2) is 0 Å². The Morgan fingerprint density at radius 2 is 1.90 bits per heavy atom. The van der Waals surface area contributed by atoms with Crippen LogP contribution in [0.2, 0.25) is 0 Å². The predicted molar refractivity (Wildman–Crippen MR) is 47.3 cm³/mol. The minimum Gasteiger partial charge on any atom is -0.304 e. The molecule has 1 unspecified atom stereocenters. The Kier molecular flexibility index (Phi) is 5.70. The van der Waals surface area contributed by atoms with Crippen molar-refractivity contribution < 1.29 is 0 Å². The summed E-state index contributed by atoms with van der Waals surface area (Å²) in [5, 5.41) is 0. The van der Waals surface area contributed by atoms with Crippen LogP contribution in [-0.4, -0.2) is 24.5 Å². The maximum atomic E-state index is 2.40. The van der Waals surface area contributed by atoms with Gasteiger partial charge in [0.2, 0.25) is 0 Å². The van der Waals surface area contributed by atoms with Crippen LogP contribution < -0.4 is 0 Å². The van der Waals surface area contributed by atoms with Gasteiger partial charge in [0.1, 0.15) is 0 Å². The lowest BCUT2D eigenvalue weighted by molar-refractivity contribution is 0.254. The smallest absolute Gasteiger partial charge is 0.00637 e. The molecule has 0 aromatic carbocycles. The van der Waals surface area contributed by atoms with Crippen LogP contribution in [0.4, 0.5) is 0 Å². The minimum absolute atomic E-state index is 0.768. The zero-order chi connectivity index (χ0) is 7.98. The average Bonchev–Trinajstić information content (AvgIpc) is 1.98. The van der Waals surface area contributed by atoms with Crippen LogP contribution in [0.1, 0.15) is 40.0 Å². The van der Waals surface area contributed by atoms with Crippen molar-refractivity contribution in [3.63, 3.8) is 0 Å². The number of unbranched alkanes of at least 4 members (excludes halogenated alkanes) is 1. The van der Waals surface area contributed by atoms with Gasteiger partial charge >= 0.3 is 0 Å². The van der Waals surface area contributed by atoms with Gasteiger partial charge in [-0.05, 0) is 26.9 Å². The molecule has 0 saturated carbocycles. The van der Waals surface area contributed by atoms with Gasteiger partial charge in [-0.2, -0.15) is 0 Å². The molecule has 0 aromatic rings. The SMILES string of the molecule is CCCCC(C)N(C)CC. The third-order valence-corrected chi connectivity index (χ3v) is 2.23. The molecule has 62 valence electrons. The molecule has 0 rings (SSSR count). The summed E-state index contributed by atoms with van der Waals surface area (Å²) in [6.07, 6.45) is 4.04. The van der Waals surface area contributed by atoms with E-state index in [1.807, 2.05) is 0 Å². The van der Waals surface area contributed by atoms with Crippen molar-refractivity contribution in [3.05, 3.63) is 0 Å². The van der Waals surface area contributed by atoms with E-state index in [9.17, 15) is 0 Å². The van der Waals surface area contributed by atoms with E-state index in [2.05, 4.69) is 32.7 Å². The van der Waals surface area contributed by atoms with Crippen molar-refractivity contribution in [3.8, 4) is 0 Å². The first-order valence-electron chi connectivity index (χ1n) is 4.42. The highest BCUT2D eigenvalue weighted by molar-refractivity contribution is 4.60. The predicted octanol–water partition coefficient (Wildman–Crippen LogP) is 2.52. The van der Waals surface area contributed by atoms with E-state index < -0.39 is 0 Å². The quantitative estimate of drug-likeness (QED) is 0.571. The van der Waals surface area contributed by atoms with Gasteiger partial charge in [0, 0.05) is 6.04 Å². The zero-order valence-electron chi connectivity index (χ0n) is 7.85. The van der Waals surface area contributed by atoms with E-state index in [1.54, 1.807) is 0 Å². The van der Waals surface area contributed by atoms with Crippen LogP contribution in [0, 0.1) is 0 Å². The first kappa shape index (κ1) is 9.96. The van der Waals surface area contributed by atoms with Crippen molar-refractivity contribution >= 4 is 0 Å². The van der Waals surface area contributed by atoms with E-state index in [0.29, 0.717) is 0 Å². The Balaban J connectivity index is 3.31. The lowest BCUT2D eigenvalue weighted by Gasteiger charge is -2.22. The third kappa shape index (κ3) is 3.89. The first-order chi connectivity index (χ1) is 4.72. The monoisotopic (exact) mass is 143 g/mol. The lowest BCUT2D eigenvalue weighted by Crippen LogP contribution is -2.28. The van der Waals surface area contributed by atoms with E-state index in [1.165, 1.54) is 25.8 Å². The van der Waals surface area contributed by atoms with Crippen LogP contribution in [0.3, 0.4) is 0 Å². The summed E-state index contributed by atoms with van der Waals surface area (Å²) in [5.41, 5.74) is 0. The summed E-state index contributed by atoms with van der Waals surface area (Å²) in [6.45, 7) is 7.94. The normalized spacial score (nSPS) is 14.1. The molecule has 0 aliphatic rings. The van der Waals surface area contributed by atoms with Gasteiger partial charge in [0.15, 0.2) is 0 Å². The van der Waals surface area contributed by atoms with Crippen LogP contribution in [0.5, 0.6) is 0 Å². The fourth-order valence-corrected chi connectivity index (χ4v) is 1.03. The van der Waals surface area contributed by atoms with Crippen molar-refractivity contribution in [1.29, 1.82) is 0 Å². The highest BCUT2D eigenvalue weighted by atomic mass is 15.1. The van der Waals surface area contributed by atoms with E-state index in [0.717, 1.165) is 6.04 Å². The maximum Gasteiger partial charge on any atom is 0.00637 e. The van der Waals surface area contributed by atoms with Gasteiger partial charge in [0.05, 0.1) is 0 Å². The molecule has 1 nitrogen and oxygen atoms in total. The van der Waals surface area contributed by atoms with E-state index >= 15 is 0 Å². The van der Waals surface area contributed by atoms with Crippen molar-refractivity contribution in [2.24, 2.45) is 0 Å². The standard InChI is InChI=1S/C9H21N/c1-5-7-8-9(3)10(4)6-2/h9H,5-8H2,1-4H3. The summed E-state index contributed by atoms with van der Waals surface area (Å²) in [5.74, 6) is 0. The number of nitrogens with zero attached hydrogens (tertiary/aromatic N) is 1. The third-order valence-electron chi connectivity index (χ3n) is 2.23. The summed E-state index contributed by atoms with van der Waals surface area (Å²) >= 11 is 0. The molecule has 0 heterocycles. The van der Waals surface area contributed by atoms with Gasteiger partial charge in [-0.1, -0.05) is 26.7 Å². The minimum atomic E-state index is 0.768. The topological polar surface area (TPSA) is 3.24 Å². The van der Waals surface area contributed by atoms with Crippen LogP contribution >= 0.6 is 0 Å². The summed E-state index contributed by atoms with van der Waals surface area (Å²) in [7, 11) is 2.19. The molecule has 0 aliphatic heterocycles. The second-order valence-electron chi connectivity index (χ2n) is 3.06. The maximum absolute atomic E-state index is 2.40. The zero-order valence-corrected chi connectivity index (χ0v) is 7.85.